The van der Waals surface area contributed by atoms with E-state index in [1.54, 1.807) is 0 Å². The van der Waals surface area contributed by atoms with Gasteiger partial charge in [-0.2, -0.15) is 0 Å². The van der Waals surface area contributed by atoms with Crippen molar-refractivity contribution in [2.24, 2.45) is 17.3 Å². The molecule has 0 aliphatic carbocycles. The monoisotopic (exact) mass is 226 g/mol. The van der Waals surface area contributed by atoms with Gasteiger partial charge in [0.25, 0.3) is 0 Å². The predicted octanol–water partition coefficient (Wildman–Crippen LogP) is 6.06. The summed E-state index contributed by atoms with van der Waals surface area (Å²) < 4.78 is 0. The molecule has 0 saturated heterocycles. The van der Waals surface area contributed by atoms with E-state index in [1.807, 2.05) is 0 Å². The van der Waals surface area contributed by atoms with Crippen LogP contribution in [0.15, 0.2) is 0 Å². The maximum Gasteiger partial charge on any atom is -0.0300 e. The molecule has 0 aliphatic rings. The van der Waals surface area contributed by atoms with Gasteiger partial charge in [-0.1, -0.05) is 80.1 Å². The Hall–Kier alpha value is 0. The van der Waals surface area contributed by atoms with Gasteiger partial charge < -0.3 is 0 Å². The Labute approximate surface area is 104 Å². The quantitative estimate of drug-likeness (QED) is 0.448. The molecule has 98 valence electrons. The normalized spacial score (nSPS) is 19.1. The van der Waals surface area contributed by atoms with Crippen molar-refractivity contribution in [3.05, 3.63) is 0 Å². The van der Waals surface area contributed by atoms with Crippen molar-refractivity contribution < 1.29 is 0 Å². The van der Waals surface area contributed by atoms with Gasteiger partial charge in [0.05, 0.1) is 0 Å². The van der Waals surface area contributed by atoms with Gasteiger partial charge in [0.2, 0.25) is 0 Å². The van der Waals surface area contributed by atoms with Gasteiger partial charge in [-0.3, -0.25) is 0 Å². The molecule has 0 heterocycles. The molecule has 0 aromatic rings. The Morgan fingerprint density at radius 2 is 1.50 bits per heavy atom. The molecule has 0 bridgehead atoms. The molecule has 0 aromatic heterocycles. The molecule has 0 rings (SSSR count). The summed E-state index contributed by atoms with van der Waals surface area (Å²) in [5.41, 5.74) is 0.573. The summed E-state index contributed by atoms with van der Waals surface area (Å²) in [7, 11) is 0. The first-order valence-electron chi connectivity index (χ1n) is 7.51. The fourth-order valence-electron chi connectivity index (χ4n) is 2.77. The molecule has 0 spiro atoms. The Morgan fingerprint density at radius 3 is 1.94 bits per heavy atom. The van der Waals surface area contributed by atoms with Crippen molar-refractivity contribution in [3.63, 3.8) is 0 Å². The molecule has 3 unspecified atom stereocenters. The molecule has 0 amide bonds. The van der Waals surface area contributed by atoms with Crippen molar-refractivity contribution in [3.8, 4) is 0 Å². The zero-order valence-electron chi connectivity index (χ0n) is 12.6. The first-order valence-corrected chi connectivity index (χ1v) is 7.51. The van der Waals surface area contributed by atoms with Crippen LogP contribution in [0, 0.1) is 17.3 Å². The van der Waals surface area contributed by atoms with E-state index in [0.717, 1.165) is 11.8 Å². The van der Waals surface area contributed by atoms with E-state index in [0.29, 0.717) is 5.41 Å². The highest BCUT2D eigenvalue weighted by atomic mass is 14.4. The fourth-order valence-corrected chi connectivity index (χ4v) is 2.77. The van der Waals surface area contributed by atoms with Crippen molar-refractivity contribution in [2.45, 2.75) is 86.5 Å². The minimum atomic E-state index is 0.573. The van der Waals surface area contributed by atoms with Gasteiger partial charge >= 0.3 is 0 Å². The largest absolute Gasteiger partial charge is 0.0654 e. The van der Waals surface area contributed by atoms with Gasteiger partial charge in [-0.05, 0) is 23.7 Å². The summed E-state index contributed by atoms with van der Waals surface area (Å²) in [6, 6.07) is 0. The van der Waals surface area contributed by atoms with E-state index >= 15 is 0 Å². The van der Waals surface area contributed by atoms with Gasteiger partial charge in [-0.25, -0.2) is 0 Å². The second-order valence-electron chi connectivity index (χ2n) is 6.02. The summed E-state index contributed by atoms with van der Waals surface area (Å²) >= 11 is 0. The van der Waals surface area contributed by atoms with Crippen LogP contribution in [0.4, 0.5) is 0 Å². The molecule has 0 nitrogen and oxygen atoms in total. The van der Waals surface area contributed by atoms with Crippen LogP contribution in [0.2, 0.25) is 0 Å². The highest BCUT2D eigenvalue weighted by Gasteiger charge is 2.31. The first kappa shape index (κ1) is 16.0. The number of hydrogen-bond acceptors (Lipinski definition) is 0. The summed E-state index contributed by atoms with van der Waals surface area (Å²) in [4.78, 5) is 0. The average Bonchev–Trinajstić information content (AvgIpc) is 2.31. The van der Waals surface area contributed by atoms with Gasteiger partial charge in [0.15, 0.2) is 0 Å². The standard InChI is InChI=1S/C16H34/c1-7-10-12-14(4)15(5)16(6,9-3)13-11-8-2/h14-15H,7-13H2,1-6H3. The molecule has 3 atom stereocenters. The third-order valence-electron chi connectivity index (χ3n) is 4.87. The molecular weight excluding hydrogens is 192 g/mol. The van der Waals surface area contributed by atoms with E-state index in [1.165, 1.54) is 44.9 Å². The van der Waals surface area contributed by atoms with E-state index < -0.39 is 0 Å². The molecule has 0 radical (unpaired) electrons. The lowest BCUT2D eigenvalue weighted by Crippen LogP contribution is -2.29. The highest BCUT2D eigenvalue weighted by molar-refractivity contribution is 4.81. The molecular formula is C16H34. The maximum atomic E-state index is 2.51. The Morgan fingerprint density at radius 1 is 0.938 bits per heavy atom. The van der Waals surface area contributed by atoms with Gasteiger partial charge in [-0.15, -0.1) is 0 Å². The highest BCUT2D eigenvalue weighted by Crippen LogP contribution is 2.41. The van der Waals surface area contributed by atoms with Gasteiger partial charge in [0.1, 0.15) is 0 Å². The van der Waals surface area contributed by atoms with Crippen LogP contribution in [0.5, 0.6) is 0 Å². The predicted molar refractivity (Wildman–Crippen MR) is 75.8 cm³/mol. The summed E-state index contributed by atoms with van der Waals surface area (Å²) in [5.74, 6) is 1.76. The van der Waals surface area contributed by atoms with E-state index in [4.69, 9.17) is 0 Å². The molecule has 16 heavy (non-hydrogen) atoms. The summed E-state index contributed by atoms with van der Waals surface area (Å²) in [6.45, 7) is 14.4. The van der Waals surface area contributed by atoms with E-state index in [2.05, 4.69) is 41.5 Å². The van der Waals surface area contributed by atoms with Crippen molar-refractivity contribution in [2.75, 3.05) is 0 Å². The molecule has 0 N–H and O–H groups in total. The zero-order valence-corrected chi connectivity index (χ0v) is 12.6. The SMILES string of the molecule is CCCCC(C)C(C)C(C)(CC)CCCC. The van der Waals surface area contributed by atoms with Crippen molar-refractivity contribution >= 4 is 0 Å². The molecule has 0 saturated carbocycles. The molecule has 0 aliphatic heterocycles. The van der Waals surface area contributed by atoms with Crippen LogP contribution >= 0.6 is 0 Å². The van der Waals surface area contributed by atoms with Crippen molar-refractivity contribution in [1.29, 1.82) is 0 Å². The lowest BCUT2D eigenvalue weighted by molar-refractivity contribution is 0.115. The van der Waals surface area contributed by atoms with Crippen LogP contribution in [0.1, 0.15) is 86.5 Å². The summed E-state index contributed by atoms with van der Waals surface area (Å²) in [5, 5.41) is 0. The molecule has 0 aromatic carbocycles. The molecule has 0 fully saturated rings. The summed E-state index contributed by atoms with van der Waals surface area (Å²) in [6.07, 6.45) is 9.65. The van der Waals surface area contributed by atoms with Crippen molar-refractivity contribution in [1.82, 2.24) is 0 Å². The van der Waals surface area contributed by atoms with Crippen LogP contribution in [0.3, 0.4) is 0 Å². The smallest absolute Gasteiger partial charge is 0.0300 e. The Balaban J connectivity index is 4.30. The lowest BCUT2D eigenvalue weighted by Gasteiger charge is -2.39. The van der Waals surface area contributed by atoms with Crippen LogP contribution in [-0.2, 0) is 0 Å². The minimum absolute atomic E-state index is 0.573. The molecule has 0 heteroatoms. The van der Waals surface area contributed by atoms with Gasteiger partial charge in [0, 0.05) is 0 Å². The van der Waals surface area contributed by atoms with Crippen LogP contribution in [-0.4, -0.2) is 0 Å². The minimum Gasteiger partial charge on any atom is -0.0654 e. The topological polar surface area (TPSA) is 0 Å². The first-order chi connectivity index (χ1) is 7.51. The third kappa shape index (κ3) is 4.89. The second kappa shape index (κ2) is 8.14. The number of hydrogen-bond donors (Lipinski definition) is 0. The van der Waals surface area contributed by atoms with E-state index in [-0.39, 0.29) is 0 Å². The van der Waals surface area contributed by atoms with Crippen LogP contribution < -0.4 is 0 Å². The zero-order chi connectivity index (χ0) is 12.6. The Bertz CT molecular complexity index is 161. The Kier molecular flexibility index (Phi) is 8.14. The number of unbranched alkanes of at least 4 members (excludes halogenated alkanes) is 2. The third-order valence-corrected chi connectivity index (χ3v) is 4.87. The average molecular weight is 226 g/mol. The number of rotatable bonds is 9. The maximum absolute atomic E-state index is 2.51. The van der Waals surface area contributed by atoms with E-state index in [9.17, 15) is 0 Å². The second-order valence-corrected chi connectivity index (χ2v) is 6.02. The van der Waals surface area contributed by atoms with Crippen LogP contribution in [0.25, 0.3) is 0 Å². The fraction of sp³-hybridized carbons (Fsp3) is 1.00. The lowest BCUT2D eigenvalue weighted by atomic mass is 9.67.